The molecule has 7 heteroatoms. The Hall–Kier alpha value is -4.08. The first-order chi connectivity index (χ1) is 17.6. The molecule has 1 unspecified atom stereocenters. The van der Waals surface area contributed by atoms with Crippen LogP contribution in [0.4, 0.5) is 5.69 Å². The maximum absolute atomic E-state index is 13.4. The Morgan fingerprint density at radius 2 is 1.70 bits per heavy atom. The van der Waals surface area contributed by atoms with E-state index in [0.717, 1.165) is 5.56 Å². The van der Waals surface area contributed by atoms with Crippen molar-refractivity contribution in [2.45, 2.75) is 39.2 Å². The fourth-order valence-electron chi connectivity index (χ4n) is 4.36. The summed E-state index contributed by atoms with van der Waals surface area (Å²) < 4.78 is 5.55. The van der Waals surface area contributed by atoms with Gasteiger partial charge < -0.3 is 9.84 Å². The average molecular weight is 515 g/mol. The summed E-state index contributed by atoms with van der Waals surface area (Å²) in [5.41, 5.74) is 2.61. The molecule has 188 valence electrons. The van der Waals surface area contributed by atoms with E-state index in [1.54, 1.807) is 42.5 Å². The number of carbonyl (C=O) groups excluding carboxylic acids is 2. The fourth-order valence-corrected chi connectivity index (χ4v) is 4.57. The van der Waals surface area contributed by atoms with Crippen molar-refractivity contribution >= 4 is 34.7 Å². The topological polar surface area (TPSA) is 90.6 Å². The van der Waals surface area contributed by atoms with E-state index in [0.29, 0.717) is 29.2 Å². The Morgan fingerprint density at radius 1 is 1.05 bits per heavy atom. The standard InChI is InChI=1S/C30H27ClN2O4/c1-5-37-22-14-15-24(31)23(16-22)27(34)25-26(19-8-10-20(11-9-19)30(2,3)4)33(29(36)28(25)35)21-12-6-18(17-32)7-13-21/h6-16,26,34H,5H2,1-4H3/b27-25+. The molecule has 0 bridgehead atoms. The van der Waals surface area contributed by atoms with Gasteiger partial charge in [0, 0.05) is 11.3 Å². The number of ether oxygens (including phenoxy) is 1. The van der Waals surface area contributed by atoms with Gasteiger partial charge in [-0.2, -0.15) is 5.26 Å². The summed E-state index contributed by atoms with van der Waals surface area (Å²) in [6, 6.07) is 20.0. The van der Waals surface area contributed by atoms with Gasteiger partial charge >= 0.3 is 0 Å². The fraction of sp³-hybridized carbons (Fsp3) is 0.233. The molecule has 0 aliphatic carbocycles. The largest absolute Gasteiger partial charge is 0.507 e. The minimum absolute atomic E-state index is 0.0755. The lowest BCUT2D eigenvalue weighted by molar-refractivity contribution is -0.132. The molecule has 6 nitrogen and oxygen atoms in total. The highest BCUT2D eigenvalue weighted by Gasteiger charge is 2.47. The lowest BCUT2D eigenvalue weighted by Gasteiger charge is -2.26. The molecule has 37 heavy (non-hydrogen) atoms. The minimum atomic E-state index is -0.909. The quantitative estimate of drug-likeness (QED) is 0.237. The lowest BCUT2D eigenvalue weighted by Crippen LogP contribution is -2.29. The average Bonchev–Trinajstić information content (AvgIpc) is 3.14. The number of carbonyl (C=O) groups is 2. The summed E-state index contributed by atoms with van der Waals surface area (Å²) in [5, 5.41) is 20.8. The molecule has 4 rings (SSSR count). The van der Waals surface area contributed by atoms with E-state index in [4.69, 9.17) is 16.3 Å². The summed E-state index contributed by atoms with van der Waals surface area (Å²) in [6.07, 6.45) is 0. The number of nitriles is 1. The highest BCUT2D eigenvalue weighted by molar-refractivity contribution is 6.52. The van der Waals surface area contributed by atoms with E-state index in [9.17, 15) is 20.0 Å². The van der Waals surface area contributed by atoms with E-state index in [1.165, 1.54) is 4.90 Å². The van der Waals surface area contributed by atoms with Gasteiger partial charge in [0.1, 0.15) is 11.5 Å². The van der Waals surface area contributed by atoms with Crippen LogP contribution < -0.4 is 9.64 Å². The number of hydrogen-bond acceptors (Lipinski definition) is 5. The van der Waals surface area contributed by atoms with Crippen molar-refractivity contribution in [1.29, 1.82) is 5.26 Å². The molecular weight excluding hydrogens is 488 g/mol. The molecule has 1 fully saturated rings. The normalized spacial score (nSPS) is 17.1. The number of Topliss-reactive ketones (excluding diaryl/α,β-unsaturated/α-hetero) is 1. The Bertz CT molecular complexity index is 1430. The first kappa shape index (κ1) is 26.0. The molecule has 3 aromatic rings. The molecule has 3 aromatic carbocycles. The number of aliphatic hydroxyl groups is 1. The first-order valence-corrected chi connectivity index (χ1v) is 12.3. The SMILES string of the molecule is CCOc1ccc(Cl)c(/C(O)=C2\C(=O)C(=O)N(c3ccc(C#N)cc3)C2c2ccc(C(C)(C)C)cc2)c1. The molecule has 1 saturated heterocycles. The molecule has 1 aliphatic rings. The van der Waals surface area contributed by atoms with Crippen LogP contribution in [0.3, 0.4) is 0 Å². The van der Waals surface area contributed by atoms with Crippen LogP contribution in [0.25, 0.3) is 5.76 Å². The summed E-state index contributed by atoms with van der Waals surface area (Å²) >= 11 is 6.42. The second-order valence-electron chi connectivity index (χ2n) is 9.77. The highest BCUT2D eigenvalue weighted by Crippen LogP contribution is 2.43. The predicted octanol–water partition coefficient (Wildman–Crippen LogP) is 6.53. The Labute approximate surface area is 221 Å². The summed E-state index contributed by atoms with van der Waals surface area (Å²) in [4.78, 5) is 28.2. The second kappa shape index (κ2) is 10.1. The molecule has 0 saturated carbocycles. The number of ketones is 1. The first-order valence-electron chi connectivity index (χ1n) is 11.9. The third-order valence-corrected chi connectivity index (χ3v) is 6.64. The maximum atomic E-state index is 13.4. The Balaban J connectivity index is 1.94. The van der Waals surface area contributed by atoms with Gasteiger partial charge in [0.15, 0.2) is 0 Å². The van der Waals surface area contributed by atoms with Gasteiger partial charge in [-0.25, -0.2) is 0 Å². The zero-order chi connectivity index (χ0) is 26.9. The van der Waals surface area contributed by atoms with Crippen molar-refractivity contribution in [1.82, 2.24) is 0 Å². The molecule has 0 spiro atoms. The molecule has 1 atom stereocenters. The van der Waals surface area contributed by atoms with Gasteiger partial charge in [0.25, 0.3) is 11.7 Å². The summed E-state index contributed by atoms with van der Waals surface area (Å²) in [6.45, 7) is 8.53. The van der Waals surface area contributed by atoms with Crippen LogP contribution in [0.2, 0.25) is 5.02 Å². The van der Waals surface area contributed by atoms with E-state index in [2.05, 4.69) is 26.8 Å². The van der Waals surface area contributed by atoms with Gasteiger partial charge in [0.05, 0.1) is 34.9 Å². The number of aliphatic hydroxyl groups excluding tert-OH is 1. The van der Waals surface area contributed by atoms with Crippen molar-refractivity contribution < 1.29 is 19.4 Å². The number of benzene rings is 3. The van der Waals surface area contributed by atoms with Gasteiger partial charge in [-0.05, 0) is 65.9 Å². The summed E-state index contributed by atoms with van der Waals surface area (Å²) in [7, 11) is 0. The smallest absolute Gasteiger partial charge is 0.300 e. The predicted molar refractivity (Wildman–Crippen MR) is 144 cm³/mol. The van der Waals surface area contributed by atoms with Crippen LogP contribution in [-0.2, 0) is 15.0 Å². The number of anilines is 1. The third-order valence-electron chi connectivity index (χ3n) is 6.32. The monoisotopic (exact) mass is 514 g/mol. The van der Waals surface area contributed by atoms with Crippen LogP contribution in [0, 0.1) is 11.3 Å². The van der Waals surface area contributed by atoms with Crippen LogP contribution in [-0.4, -0.2) is 23.4 Å². The number of hydrogen-bond donors (Lipinski definition) is 1. The van der Waals surface area contributed by atoms with E-state index < -0.39 is 17.7 Å². The molecule has 0 aromatic heterocycles. The van der Waals surface area contributed by atoms with Crippen molar-refractivity contribution in [3.05, 3.63) is 99.6 Å². The zero-order valence-electron chi connectivity index (χ0n) is 21.1. The van der Waals surface area contributed by atoms with Gasteiger partial charge in [0.2, 0.25) is 0 Å². The number of amides is 1. The summed E-state index contributed by atoms with van der Waals surface area (Å²) in [5.74, 6) is -1.52. The Kier molecular flexibility index (Phi) is 7.11. The van der Waals surface area contributed by atoms with Crippen LogP contribution in [0.5, 0.6) is 5.75 Å². The molecule has 1 aliphatic heterocycles. The number of nitrogens with zero attached hydrogens (tertiary/aromatic N) is 2. The van der Waals surface area contributed by atoms with Crippen LogP contribution >= 0.6 is 11.6 Å². The lowest BCUT2D eigenvalue weighted by atomic mass is 9.85. The number of halogens is 1. The van der Waals surface area contributed by atoms with Crippen LogP contribution in [0.1, 0.15) is 56.0 Å². The van der Waals surface area contributed by atoms with Gasteiger partial charge in [-0.3, -0.25) is 14.5 Å². The highest BCUT2D eigenvalue weighted by atomic mass is 35.5. The van der Waals surface area contributed by atoms with Crippen molar-refractivity contribution in [3.63, 3.8) is 0 Å². The van der Waals surface area contributed by atoms with E-state index >= 15 is 0 Å². The second-order valence-corrected chi connectivity index (χ2v) is 10.2. The van der Waals surface area contributed by atoms with Gasteiger partial charge in [-0.1, -0.05) is 56.6 Å². The molecule has 1 heterocycles. The van der Waals surface area contributed by atoms with Crippen LogP contribution in [0.15, 0.2) is 72.3 Å². The van der Waals surface area contributed by atoms with Crippen molar-refractivity contribution in [2.75, 3.05) is 11.5 Å². The van der Waals surface area contributed by atoms with Crippen molar-refractivity contribution in [2.24, 2.45) is 0 Å². The molecule has 1 N–H and O–H groups in total. The third kappa shape index (κ3) is 4.96. The van der Waals surface area contributed by atoms with E-state index in [-0.39, 0.29) is 27.3 Å². The molecule has 1 amide bonds. The van der Waals surface area contributed by atoms with Crippen molar-refractivity contribution in [3.8, 4) is 11.8 Å². The van der Waals surface area contributed by atoms with E-state index in [1.807, 2.05) is 31.2 Å². The Morgan fingerprint density at radius 3 is 2.27 bits per heavy atom. The molecular formula is C30H27ClN2O4. The maximum Gasteiger partial charge on any atom is 0.300 e. The zero-order valence-corrected chi connectivity index (χ0v) is 21.8. The number of rotatable bonds is 5. The molecule has 0 radical (unpaired) electrons. The minimum Gasteiger partial charge on any atom is -0.507 e. The van der Waals surface area contributed by atoms with Gasteiger partial charge in [-0.15, -0.1) is 0 Å².